The van der Waals surface area contributed by atoms with Crippen molar-refractivity contribution in [2.45, 2.75) is 110 Å². The molecule has 0 aliphatic heterocycles. The van der Waals surface area contributed by atoms with Crippen LogP contribution < -0.4 is 10.5 Å². The summed E-state index contributed by atoms with van der Waals surface area (Å²) in [7, 11) is 0. The average Bonchev–Trinajstić information content (AvgIpc) is 3.37. The lowest BCUT2D eigenvalue weighted by Crippen LogP contribution is -2.55. The van der Waals surface area contributed by atoms with E-state index in [4.69, 9.17) is 10.5 Å². The van der Waals surface area contributed by atoms with E-state index in [9.17, 15) is 4.79 Å². The van der Waals surface area contributed by atoms with Crippen molar-refractivity contribution in [3.8, 4) is 5.75 Å². The van der Waals surface area contributed by atoms with Crippen molar-refractivity contribution >= 4 is 5.97 Å². The van der Waals surface area contributed by atoms with Gasteiger partial charge in [-0.15, -0.1) is 0 Å². The van der Waals surface area contributed by atoms with E-state index in [1.54, 1.807) is 0 Å². The number of hydrogen-bond acceptors (Lipinski definition) is 3. The van der Waals surface area contributed by atoms with Gasteiger partial charge in [0, 0.05) is 17.5 Å². The third kappa shape index (κ3) is 4.17. The third-order valence-electron chi connectivity index (χ3n) is 8.69. The first-order valence-corrected chi connectivity index (χ1v) is 12.4. The van der Waals surface area contributed by atoms with Gasteiger partial charge in [0.1, 0.15) is 11.6 Å². The number of carbonyl (C=O) groups is 1. The Morgan fingerprint density at radius 2 is 2.06 bits per heavy atom. The molecular weight excluding hydrogens is 389 g/mol. The van der Waals surface area contributed by atoms with Crippen LogP contribution in [0.5, 0.6) is 5.75 Å². The van der Waals surface area contributed by atoms with Gasteiger partial charge in [-0.05, 0) is 66.0 Å². The zero-order chi connectivity index (χ0) is 22.4. The number of benzene rings is 1. The van der Waals surface area contributed by atoms with Crippen molar-refractivity contribution in [2.75, 3.05) is 0 Å². The Kier molecular flexibility index (Phi) is 6.00. The second-order valence-corrected chi connectivity index (χ2v) is 11.7. The summed E-state index contributed by atoms with van der Waals surface area (Å²) in [5.41, 5.74) is 8.38. The van der Waals surface area contributed by atoms with E-state index in [0.29, 0.717) is 18.1 Å². The molecule has 2 N–H and O–H groups in total. The van der Waals surface area contributed by atoms with Crippen molar-refractivity contribution in [3.05, 3.63) is 29.1 Å². The number of carbonyl (C=O) groups excluding carboxylic acids is 1. The lowest BCUT2D eigenvalue weighted by molar-refractivity contribution is -0.136. The molecule has 4 rings (SSSR count). The van der Waals surface area contributed by atoms with Gasteiger partial charge in [-0.3, -0.25) is 4.79 Å². The van der Waals surface area contributed by atoms with Crippen LogP contribution >= 0.6 is 0 Å². The molecule has 3 aliphatic rings. The van der Waals surface area contributed by atoms with Gasteiger partial charge in [-0.2, -0.15) is 0 Å². The molecule has 2 bridgehead atoms. The van der Waals surface area contributed by atoms with E-state index in [0.717, 1.165) is 56.1 Å². The minimum Gasteiger partial charge on any atom is -0.426 e. The monoisotopic (exact) mass is 429 g/mol. The van der Waals surface area contributed by atoms with Crippen LogP contribution in [0.3, 0.4) is 0 Å². The average molecular weight is 430 g/mol. The minimum absolute atomic E-state index is 0.0423. The maximum absolute atomic E-state index is 15.3. The highest BCUT2D eigenvalue weighted by Gasteiger charge is 2.64. The van der Waals surface area contributed by atoms with Gasteiger partial charge in [0.25, 0.3) is 0 Å². The lowest BCUT2D eigenvalue weighted by atomic mass is 9.58. The molecule has 0 amide bonds. The molecule has 2 saturated carbocycles. The number of rotatable bonds is 7. The Morgan fingerprint density at radius 1 is 1.29 bits per heavy atom. The van der Waals surface area contributed by atoms with Crippen LogP contribution in [0.25, 0.3) is 0 Å². The molecule has 4 atom stereocenters. The predicted molar refractivity (Wildman–Crippen MR) is 123 cm³/mol. The van der Waals surface area contributed by atoms with Crippen LogP contribution in [-0.2, 0) is 16.6 Å². The standard InChI is InChI=1S/C27H40FNO2/c1-5-6-8-11-25(2,3)17-23(30)31-19-13-21-20(22(28)14-19)16-27-15-18(27)10-7-9-12-26(21,4)24(27)29/h13-14,18,24H,5-12,15-17,29H2,1-4H3/t18-,24+,26+,27?/m0/s1. The Bertz CT molecular complexity index is 850. The second-order valence-electron chi connectivity index (χ2n) is 11.7. The lowest BCUT2D eigenvalue weighted by Gasteiger charge is -2.48. The highest BCUT2D eigenvalue weighted by molar-refractivity contribution is 5.73. The summed E-state index contributed by atoms with van der Waals surface area (Å²) in [5, 5.41) is 0. The van der Waals surface area contributed by atoms with Gasteiger partial charge >= 0.3 is 5.97 Å². The smallest absolute Gasteiger partial charge is 0.311 e. The summed E-state index contributed by atoms with van der Waals surface area (Å²) < 4.78 is 21.0. The molecule has 172 valence electrons. The Labute approximate surface area is 187 Å². The minimum atomic E-state index is -0.275. The number of ether oxygens (including phenoxy) is 1. The predicted octanol–water partition coefficient (Wildman–Crippen LogP) is 6.45. The summed E-state index contributed by atoms with van der Waals surface area (Å²) in [5.74, 6) is 0.472. The Balaban J connectivity index is 1.56. The fraction of sp³-hybridized carbons (Fsp3) is 0.741. The molecule has 1 aromatic carbocycles. The zero-order valence-corrected chi connectivity index (χ0v) is 19.9. The molecule has 4 heteroatoms. The SMILES string of the molecule is CCCCCC(C)(C)CC(=O)Oc1cc(F)c2c(c1)[C@@]1(C)CCCC[C@H]3CC3(C2)[C@@H]1N. The number of nitrogens with two attached hydrogens (primary N) is 1. The topological polar surface area (TPSA) is 52.3 Å². The van der Waals surface area contributed by atoms with Crippen molar-refractivity contribution in [1.82, 2.24) is 0 Å². The van der Waals surface area contributed by atoms with Crippen LogP contribution in [0.4, 0.5) is 4.39 Å². The molecule has 0 aromatic heterocycles. The number of unbranched alkanes of at least 4 members (excludes halogenated alkanes) is 2. The molecule has 3 aliphatic carbocycles. The molecule has 3 nitrogen and oxygen atoms in total. The summed E-state index contributed by atoms with van der Waals surface area (Å²) in [6, 6.07) is 3.39. The molecule has 1 unspecified atom stereocenters. The van der Waals surface area contributed by atoms with Crippen molar-refractivity contribution in [2.24, 2.45) is 22.5 Å². The number of halogens is 1. The highest BCUT2D eigenvalue weighted by Crippen LogP contribution is 2.66. The van der Waals surface area contributed by atoms with Gasteiger partial charge in [-0.1, -0.05) is 59.8 Å². The number of fused-ring (bicyclic) bond motifs is 3. The molecule has 0 radical (unpaired) electrons. The van der Waals surface area contributed by atoms with E-state index in [2.05, 4.69) is 27.7 Å². The molecule has 31 heavy (non-hydrogen) atoms. The Hall–Kier alpha value is -1.42. The van der Waals surface area contributed by atoms with Crippen LogP contribution in [0.2, 0.25) is 0 Å². The highest BCUT2D eigenvalue weighted by atomic mass is 19.1. The fourth-order valence-corrected chi connectivity index (χ4v) is 6.66. The van der Waals surface area contributed by atoms with Crippen molar-refractivity contribution < 1.29 is 13.9 Å². The van der Waals surface area contributed by atoms with Crippen LogP contribution in [0.15, 0.2) is 12.1 Å². The third-order valence-corrected chi connectivity index (χ3v) is 8.69. The summed E-state index contributed by atoms with van der Waals surface area (Å²) in [6.07, 6.45) is 11.2. The van der Waals surface area contributed by atoms with Crippen molar-refractivity contribution in [1.29, 1.82) is 0 Å². The number of esters is 1. The van der Waals surface area contributed by atoms with Gasteiger partial charge in [0.05, 0.1) is 6.42 Å². The summed E-state index contributed by atoms with van der Waals surface area (Å²) in [4.78, 5) is 12.7. The van der Waals surface area contributed by atoms with E-state index >= 15 is 4.39 Å². The maximum Gasteiger partial charge on any atom is 0.311 e. The first-order valence-electron chi connectivity index (χ1n) is 12.4. The fourth-order valence-electron chi connectivity index (χ4n) is 6.66. The van der Waals surface area contributed by atoms with Gasteiger partial charge in [-0.25, -0.2) is 4.39 Å². The molecule has 2 fully saturated rings. The van der Waals surface area contributed by atoms with Crippen molar-refractivity contribution in [3.63, 3.8) is 0 Å². The largest absolute Gasteiger partial charge is 0.426 e. The van der Waals surface area contributed by atoms with Gasteiger partial charge in [0.2, 0.25) is 0 Å². The zero-order valence-electron chi connectivity index (χ0n) is 19.9. The quantitative estimate of drug-likeness (QED) is 0.308. The Morgan fingerprint density at radius 3 is 2.81 bits per heavy atom. The second kappa shape index (κ2) is 8.17. The maximum atomic E-state index is 15.3. The van der Waals surface area contributed by atoms with Gasteiger partial charge in [0.15, 0.2) is 0 Å². The van der Waals surface area contributed by atoms with E-state index in [1.165, 1.54) is 25.3 Å². The summed E-state index contributed by atoms with van der Waals surface area (Å²) in [6.45, 7) is 8.61. The van der Waals surface area contributed by atoms with E-state index in [-0.39, 0.29) is 34.1 Å². The first kappa shape index (κ1) is 22.8. The first-order chi connectivity index (χ1) is 14.6. The van der Waals surface area contributed by atoms with Crippen LogP contribution in [0.1, 0.15) is 103 Å². The normalized spacial score (nSPS) is 31.8. The van der Waals surface area contributed by atoms with Gasteiger partial charge < -0.3 is 10.5 Å². The molecule has 1 spiro atoms. The van der Waals surface area contributed by atoms with E-state index in [1.807, 2.05) is 6.07 Å². The van der Waals surface area contributed by atoms with Crippen LogP contribution in [-0.4, -0.2) is 12.0 Å². The van der Waals surface area contributed by atoms with E-state index < -0.39 is 0 Å². The summed E-state index contributed by atoms with van der Waals surface area (Å²) >= 11 is 0. The molecule has 0 heterocycles. The molecular formula is C27H40FNO2. The number of hydrogen-bond donors (Lipinski definition) is 1. The molecule has 1 aromatic rings. The van der Waals surface area contributed by atoms with Crippen LogP contribution in [0, 0.1) is 22.6 Å². The molecule has 0 saturated heterocycles.